The van der Waals surface area contributed by atoms with E-state index in [1.165, 1.54) is 13.2 Å². The molecule has 0 spiro atoms. The number of Topliss-reactive ketones (excluding diaryl/α,β-unsaturated/α-hetero) is 2. The molecule has 1 aromatic rings. The summed E-state index contributed by atoms with van der Waals surface area (Å²) in [7, 11) is 1.39. The SMILES string of the molecule is COCOCc1nc(C(F)F)ccc1/C(O)=C1/C(=O)CCC(C)(C)C1=O. The number of alkyl halides is 2. The van der Waals surface area contributed by atoms with Crippen LogP contribution in [0.1, 0.15) is 50.1 Å². The minimum atomic E-state index is -2.81. The lowest BCUT2D eigenvalue weighted by Crippen LogP contribution is -2.35. The number of aliphatic hydroxyl groups is 1. The minimum Gasteiger partial charge on any atom is -0.506 e. The van der Waals surface area contributed by atoms with Gasteiger partial charge >= 0.3 is 0 Å². The smallest absolute Gasteiger partial charge is 0.280 e. The van der Waals surface area contributed by atoms with Gasteiger partial charge in [-0.25, -0.2) is 13.8 Å². The first-order valence-corrected chi connectivity index (χ1v) is 8.05. The zero-order valence-corrected chi connectivity index (χ0v) is 14.8. The fourth-order valence-corrected chi connectivity index (χ4v) is 2.69. The molecule has 0 saturated heterocycles. The number of carbonyl (C=O) groups is 2. The van der Waals surface area contributed by atoms with Gasteiger partial charge in [-0.05, 0) is 18.6 Å². The third kappa shape index (κ3) is 4.13. The van der Waals surface area contributed by atoms with Crippen LogP contribution in [0.25, 0.3) is 5.76 Å². The van der Waals surface area contributed by atoms with Gasteiger partial charge in [-0.1, -0.05) is 13.8 Å². The van der Waals surface area contributed by atoms with E-state index in [-0.39, 0.29) is 36.7 Å². The Morgan fingerprint density at radius 1 is 1.35 bits per heavy atom. The second kappa shape index (κ2) is 8.01. The van der Waals surface area contributed by atoms with Crippen molar-refractivity contribution >= 4 is 17.3 Å². The predicted molar refractivity (Wildman–Crippen MR) is 88.4 cm³/mol. The van der Waals surface area contributed by atoms with E-state index in [1.807, 2.05) is 0 Å². The number of pyridine rings is 1. The van der Waals surface area contributed by atoms with Crippen LogP contribution in [0.3, 0.4) is 0 Å². The summed E-state index contributed by atoms with van der Waals surface area (Å²) >= 11 is 0. The van der Waals surface area contributed by atoms with Crippen molar-refractivity contribution in [2.75, 3.05) is 13.9 Å². The Kier molecular flexibility index (Phi) is 6.20. The number of methoxy groups -OCH3 is 1. The molecule has 0 atom stereocenters. The summed E-state index contributed by atoms with van der Waals surface area (Å²) in [4.78, 5) is 28.6. The lowest BCUT2D eigenvalue weighted by atomic mass is 9.72. The molecule has 2 rings (SSSR count). The molecule has 1 heterocycles. The van der Waals surface area contributed by atoms with Gasteiger partial charge in [-0.15, -0.1) is 0 Å². The van der Waals surface area contributed by atoms with Crippen LogP contribution in [0.15, 0.2) is 17.7 Å². The number of aliphatic hydroxyl groups excluding tert-OH is 1. The fourth-order valence-electron chi connectivity index (χ4n) is 2.69. The maximum absolute atomic E-state index is 12.9. The van der Waals surface area contributed by atoms with E-state index in [0.717, 1.165) is 6.07 Å². The largest absolute Gasteiger partial charge is 0.506 e. The number of aromatic nitrogens is 1. The quantitative estimate of drug-likeness (QED) is 0.272. The summed E-state index contributed by atoms with van der Waals surface area (Å²) in [5.41, 5.74) is -1.60. The monoisotopic (exact) mass is 369 g/mol. The normalized spacial score (nSPS) is 19.2. The summed E-state index contributed by atoms with van der Waals surface area (Å²) < 4.78 is 35.8. The lowest BCUT2D eigenvalue weighted by Gasteiger charge is -2.29. The van der Waals surface area contributed by atoms with Crippen LogP contribution in [-0.4, -0.2) is 35.6 Å². The van der Waals surface area contributed by atoms with Crippen molar-refractivity contribution in [2.24, 2.45) is 5.41 Å². The third-order valence-corrected chi connectivity index (χ3v) is 4.25. The molecule has 1 fully saturated rings. The Labute approximate surface area is 149 Å². The molecule has 0 aliphatic heterocycles. The van der Waals surface area contributed by atoms with Crippen LogP contribution in [-0.2, 0) is 25.7 Å². The van der Waals surface area contributed by atoms with Crippen molar-refractivity contribution < 1.29 is 33.0 Å². The van der Waals surface area contributed by atoms with E-state index >= 15 is 0 Å². The van der Waals surface area contributed by atoms with E-state index < -0.39 is 34.9 Å². The van der Waals surface area contributed by atoms with Gasteiger partial charge in [0.1, 0.15) is 23.8 Å². The molecule has 1 N–H and O–H groups in total. The number of ether oxygens (including phenoxy) is 2. The van der Waals surface area contributed by atoms with Crippen LogP contribution >= 0.6 is 0 Å². The number of hydrogen-bond acceptors (Lipinski definition) is 6. The van der Waals surface area contributed by atoms with Crippen LogP contribution in [0.5, 0.6) is 0 Å². The molecule has 1 aliphatic carbocycles. The molecule has 1 aliphatic rings. The highest BCUT2D eigenvalue weighted by Gasteiger charge is 2.40. The van der Waals surface area contributed by atoms with E-state index in [0.29, 0.717) is 6.42 Å². The Balaban J connectivity index is 2.53. The van der Waals surface area contributed by atoms with Gasteiger partial charge < -0.3 is 14.6 Å². The Bertz CT molecular complexity index is 743. The Morgan fingerprint density at radius 2 is 2.04 bits per heavy atom. The number of ketones is 2. The molecule has 0 aromatic carbocycles. The molecular formula is C18H21F2NO5. The van der Waals surface area contributed by atoms with Gasteiger partial charge in [-0.3, -0.25) is 9.59 Å². The molecule has 0 amide bonds. The number of carbonyl (C=O) groups excluding carboxylic acids is 2. The molecule has 0 unspecified atom stereocenters. The van der Waals surface area contributed by atoms with Crippen LogP contribution in [0.4, 0.5) is 8.78 Å². The van der Waals surface area contributed by atoms with Gasteiger partial charge in [0.05, 0.1) is 12.3 Å². The van der Waals surface area contributed by atoms with Crippen molar-refractivity contribution in [2.45, 2.75) is 39.7 Å². The van der Waals surface area contributed by atoms with Gasteiger partial charge in [0.25, 0.3) is 6.43 Å². The summed E-state index contributed by atoms with van der Waals surface area (Å²) in [6.45, 7) is 3.04. The minimum absolute atomic E-state index is 0.00571. The summed E-state index contributed by atoms with van der Waals surface area (Å²) in [6.07, 6.45) is -2.30. The first-order valence-electron chi connectivity index (χ1n) is 8.05. The van der Waals surface area contributed by atoms with Gasteiger partial charge in [-0.2, -0.15) is 0 Å². The van der Waals surface area contributed by atoms with Crippen LogP contribution in [0, 0.1) is 5.41 Å². The van der Waals surface area contributed by atoms with Gasteiger partial charge in [0.15, 0.2) is 11.6 Å². The molecule has 1 aromatic heterocycles. The Morgan fingerprint density at radius 3 is 2.65 bits per heavy atom. The average Bonchev–Trinajstić information content (AvgIpc) is 2.59. The molecule has 1 saturated carbocycles. The highest BCUT2D eigenvalue weighted by molar-refractivity contribution is 6.27. The molecule has 0 radical (unpaired) electrons. The van der Waals surface area contributed by atoms with Crippen molar-refractivity contribution in [3.8, 4) is 0 Å². The highest BCUT2D eigenvalue weighted by Crippen LogP contribution is 2.36. The van der Waals surface area contributed by atoms with Crippen LogP contribution in [0.2, 0.25) is 0 Å². The van der Waals surface area contributed by atoms with Crippen molar-refractivity contribution in [1.82, 2.24) is 4.98 Å². The maximum Gasteiger partial charge on any atom is 0.280 e. The topological polar surface area (TPSA) is 85.7 Å². The number of rotatable bonds is 6. The summed E-state index contributed by atoms with van der Waals surface area (Å²) in [6, 6.07) is 2.25. The van der Waals surface area contributed by atoms with E-state index in [1.54, 1.807) is 13.8 Å². The maximum atomic E-state index is 12.9. The van der Waals surface area contributed by atoms with Crippen molar-refractivity contribution in [3.05, 3.63) is 34.7 Å². The van der Waals surface area contributed by atoms with E-state index in [4.69, 9.17) is 9.47 Å². The molecular weight excluding hydrogens is 348 g/mol. The predicted octanol–water partition coefficient (Wildman–Crippen LogP) is 3.37. The standard InChI is InChI=1S/C18H21F2NO5/c1-18(2)7-6-13(22)14(16(18)24)15(23)10-4-5-11(17(19)20)21-12(10)8-26-9-25-3/h4-5,17,23H,6-9H2,1-3H3/b15-14+. The first kappa shape index (κ1) is 20.1. The van der Waals surface area contributed by atoms with Crippen molar-refractivity contribution in [1.29, 1.82) is 0 Å². The zero-order chi connectivity index (χ0) is 19.5. The van der Waals surface area contributed by atoms with E-state index in [2.05, 4.69) is 4.98 Å². The zero-order valence-electron chi connectivity index (χ0n) is 14.8. The summed E-state index contributed by atoms with van der Waals surface area (Å²) in [5, 5.41) is 10.6. The van der Waals surface area contributed by atoms with Gasteiger partial charge in [0.2, 0.25) is 0 Å². The fraction of sp³-hybridized carbons (Fsp3) is 0.500. The second-order valence-corrected chi connectivity index (χ2v) is 6.65. The average molecular weight is 369 g/mol. The summed E-state index contributed by atoms with van der Waals surface area (Å²) in [5.74, 6) is -1.52. The number of allylic oxidation sites excluding steroid dienone is 1. The van der Waals surface area contributed by atoms with Gasteiger partial charge in [0, 0.05) is 24.5 Å². The third-order valence-electron chi connectivity index (χ3n) is 4.25. The number of hydrogen-bond donors (Lipinski definition) is 1. The molecule has 142 valence electrons. The molecule has 26 heavy (non-hydrogen) atoms. The molecule has 0 bridgehead atoms. The number of nitrogens with zero attached hydrogens (tertiary/aromatic N) is 1. The molecule has 8 heteroatoms. The van der Waals surface area contributed by atoms with Crippen LogP contribution < -0.4 is 0 Å². The first-order chi connectivity index (χ1) is 12.2. The van der Waals surface area contributed by atoms with Crippen molar-refractivity contribution in [3.63, 3.8) is 0 Å². The van der Waals surface area contributed by atoms with E-state index in [9.17, 15) is 23.5 Å². The highest BCUT2D eigenvalue weighted by atomic mass is 19.3. The molecule has 6 nitrogen and oxygen atoms in total. The second-order valence-electron chi connectivity index (χ2n) is 6.65. The number of halogens is 2. The Hall–Kier alpha value is -2.19. The lowest BCUT2D eigenvalue weighted by molar-refractivity contribution is -0.130.